The molecule has 0 amide bonds. The van der Waals surface area contributed by atoms with Crippen LogP contribution in [0.4, 0.5) is 0 Å². The summed E-state index contributed by atoms with van der Waals surface area (Å²) in [5.74, 6) is 1.83. The number of ether oxygens (including phenoxy) is 4. The average Bonchev–Trinajstić information content (AvgIpc) is 3.27. The minimum atomic E-state index is -0.528. The van der Waals surface area contributed by atoms with E-state index >= 15 is 0 Å². The molecule has 28 heavy (non-hydrogen) atoms. The normalized spacial score (nSPS) is 34.6. The van der Waals surface area contributed by atoms with E-state index in [0.717, 1.165) is 25.7 Å². The maximum atomic E-state index is 11.5. The summed E-state index contributed by atoms with van der Waals surface area (Å²) in [6.45, 7) is 5.13. The average molecular weight is 384 g/mol. The van der Waals surface area contributed by atoms with Crippen LogP contribution in [0.3, 0.4) is 0 Å². The van der Waals surface area contributed by atoms with Crippen molar-refractivity contribution < 1.29 is 23.7 Å². The van der Waals surface area contributed by atoms with Gasteiger partial charge in [-0.1, -0.05) is 13.0 Å². The summed E-state index contributed by atoms with van der Waals surface area (Å²) in [5.41, 5.74) is 2.64. The third-order valence-electron chi connectivity index (χ3n) is 7.55. The van der Waals surface area contributed by atoms with Crippen LogP contribution in [0.2, 0.25) is 0 Å². The number of esters is 1. The van der Waals surface area contributed by atoms with Crippen molar-refractivity contribution in [2.24, 2.45) is 17.3 Å². The molecular weight excluding hydrogens is 356 g/mol. The van der Waals surface area contributed by atoms with Gasteiger partial charge in [-0.3, -0.25) is 4.79 Å². The van der Waals surface area contributed by atoms with Crippen molar-refractivity contribution >= 4 is 5.97 Å². The summed E-state index contributed by atoms with van der Waals surface area (Å²) in [7, 11) is 1.63. The van der Waals surface area contributed by atoms with Crippen LogP contribution in [0.25, 0.3) is 0 Å². The van der Waals surface area contributed by atoms with Crippen LogP contribution in [-0.4, -0.2) is 32.1 Å². The van der Waals surface area contributed by atoms with Crippen molar-refractivity contribution in [2.45, 2.75) is 51.2 Å². The van der Waals surface area contributed by atoms with E-state index in [4.69, 9.17) is 18.9 Å². The van der Waals surface area contributed by atoms with Crippen LogP contribution in [0, 0.1) is 17.3 Å². The molecular formula is C23H28O5. The van der Waals surface area contributed by atoms with Gasteiger partial charge in [0.2, 0.25) is 0 Å². The van der Waals surface area contributed by atoms with Gasteiger partial charge < -0.3 is 18.9 Å². The quantitative estimate of drug-likeness (QED) is 0.438. The Labute approximate surface area is 166 Å². The van der Waals surface area contributed by atoms with Gasteiger partial charge in [-0.25, -0.2) is 0 Å². The molecule has 0 unspecified atom stereocenters. The number of rotatable bonds is 2. The fourth-order valence-electron chi connectivity index (χ4n) is 6.26. The number of aryl methyl sites for hydroxylation is 1. The van der Waals surface area contributed by atoms with Crippen LogP contribution >= 0.6 is 0 Å². The molecule has 0 radical (unpaired) electrons. The Morgan fingerprint density at radius 2 is 1.96 bits per heavy atom. The summed E-state index contributed by atoms with van der Waals surface area (Å²) in [5, 5.41) is 0. The Morgan fingerprint density at radius 3 is 2.68 bits per heavy atom. The molecule has 3 aliphatic carbocycles. The topological polar surface area (TPSA) is 54.0 Å². The van der Waals surface area contributed by atoms with Crippen molar-refractivity contribution in [1.82, 2.24) is 0 Å². The van der Waals surface area contributed by atoms with Gasteiger partial charge in [0, 0.05) is 12.3 Å². The molecule has 1 saturated carbocycles. The molecule has 1 aliphatic heterocycles. The fraction of sp³-hybridized carbons (Fsp3) is 0.609. The lowest BCUT2D eigenvalue weighted by Crippen LogP contribution is -2.52. The maximum Gasteiger partial charge on any atom is 0.308 e. The van der Waals surface area contributed by atoms with Gasteiger partial charge in [0.25, 0.3) is 0 Å². The van der Waals surface area contributed by atoms with E-state index in [1.165, 1.54) is 18.1 Å². The van der Waals surface area contributed by atoms with Crippen LogP contribution < -0.4 is 9.47 Å². The van der Waals surface area contributed by atoms with Crippen LogP contribution in [0.15, 0.2) is 24.3 Å². The highest BCUT2D eigenvalue weighted by Gasteiger charge is 2.62. The highest BCUT2D eigenvalue weighted by Crippen LogP contribution is 2.63. The zero-order valence-corrected chi connectivity index (χ0v) is 16.8. The van der Waals surface area contributed by atoms with Crippen molar-refractivity contribution in [1.29, 1.82) is 0 Å². The van der Waals surface area contributed by atoms with Gasteiger partial charge in [0.15, 0.2) is 17.3 Å². The first-order valence-electron chi connectivity index (χ1n) is 10.3. The summed E-state index contributed by atoms with van der Waals surface area (Å²) in [6, 6.07) is 4.11. The molecule has 1 spiro atoms. The minimum absolute atomic E-state index is 0.00391. The molecule has 1 saturated heterocycles. The van der Waals surface area contributed by atoms with Gasteiger partial charge in [-0.15, -0.1) is 0 Å². The SMILES string of the molecule is COc1cc2c(cc1OC(C)=O)CC[C@@H]1[C@@H]2CC[C@@]2(C)[C@H]1C=CC21OCCO1. The second-order valence-corrected chi connectivity index (χ2v) is 8.81. The number of hydrogen-bond acceptors (Lipinski definition) is 5. The third kappa shape index (κ3) is 2.42. The molecule has 5 rings (SSSR count). The van der Waals surface area contributed by atoms with E-state index < -0.39 is 5.79 Å². The summed E-state index contributed by atoms with van der Waals surface area (Å²) in [4.78, 5) is 11.5. The Morgan fingerprint density at radius 1 is 1.18 bits per heavy atom. The molecule has 150 valence electrons. The number of methoxy groups -OCH3 is 1. The van der Waals surface area contributed by atoms with Gasteiger partial charge in [0.1, 0.15) is 0 Å². The van der Waals surface area contributed by atoms with Crippen LogP contribution in [-0.2, 0) is 20.7 Å². The third-order valence-corrected chi connectivity index (χ3v) is 7.55. The molecule has 5 nitrogen and oxygen atoms in total. The van der Waals surface area contributed by atoms with Gasteiger partial charge in [-0.2, -0.15) is 0 Å². The highest BCUT2D eigenvalue weighted by atomic mass is 16.7. The minimum Gasteiger partial charge on any atom is -0.493 e. The number of carbonyl (C=O) groups is 1. The standard InChI is InChI=1S/C23H28O5/c1-14(24)28-21-12-15-4-5-17-16(18(15)13-20(21)25-3)6-8-22(2)19(17)7-9-23(22)26-10-11-27-23/h7,9,12-13,16-17,19H,4-6,8,10-11H2,1-3H3/t16-,17+,19-,22-/m0/s1. The van der Waals surface area contributed by atoms with Crippen molar-refractivity contribution in [3.8, 4) is 11.5 Å². The molecule has 0 bridgehead atoms. The number of hydrogen-bond donors (Lipinski definition) is 0. The molecule has 4 atom stereocenters. The number of allylic oxidation sites excluding steroid dienone is 1. The predicted molar refractivity (Wildman–Crippen MR) is 103 cm³/mol. The molecule has 5 heteroatoms. The molecule has 4 aliphatic rings. The Bertz CT molecular complexity index is 838. The summed E-state index contributed by atoms with van der Waals surface area (Å²) in [6.07, 6.45) is 8.84. The van der Waals surface area contributed by atoms with E-state index in [9.17, 15) is 4.79 Å². The van der Waals surface area contributed by atoms with E-state index in [2.05, 4.69) is 25.1 Å². The molecule has 0 N–H and O–H groups in total. The predicted octanol–water partition coefficient (Wildman–Crippen LogP) is 4.00. The van der Waals surface area contributed by atoms with E-state index in [1.807, 2.05) is 6.07 Å². The van der Waals surface area contributed by atoms with Crippen LogP contribution in [0.1, 0.15) is 50.2 Å². The first-order valence-corrected chi connectivity index (χ1v) is 10.3. The van der Waals surface area contributed by atoms with Crippen LogP contribution in [0.5, 0.6) is 11.5 Å². The maximum absolute atomic E-state index is 11.5. The smallest absolute Gasteiger partial charge is 0.308 e. The number of carbonyl (C=O) groups excluding carboxylic acids is 1. The van der Waals surface area contributed by atoms with Gasteiger partial charge >= 0.3 is 5.97 Å². The first-order chi connectivity index (χ1) is 13.5. The second kappa shape index (κ2) is 6.33. The molecule has 1 heterocycles. The number of benzene rings is 1. The summed E-state index contributed by atoms with van der Waals surface area (Å²) >= 11 is 0. The zero-order valence-electron chi connectivity index (χ0n) is 16.8. The Kier molecular flexibility index (Phi) is 4.11. The van der Waals surface area contributed by atoms with Crippen molar-refractivity contribution in [2.75, 3.05) is 20.3 Å². The van der Waals surface area contributed by atoms with Gasteiger partial charge in [-0.05, 0) is 72.8 Å². The molecule has 2 fully saturated rings. The number of fused-ring (bicyclic) bond motifs is 6. The molecule has 1 aromatic carbocycles. The van der Waals surface area contributed by atoms with Crippen molar-refractivity contribution in [3.05, 3.63) is 35.4 Å². The van der Waals surface area contributed by atoms with E-state index in [0.29, 0.717) is 42.5 Å². The first kappa shape index (κ1) is 18.2. The Hall–Kier alpha value is -1.85. The highest BCUT2D eigenvalue weighted by molar-refractivity contribution is 5.71. The summed E-state index contributed by atoms with van der Waals surface area (Å²) < 4.78 is 23.2. The monoisotopic (exact) mass is 384 g/mol. The molecule has 1 aromatic rings. The van der Waals surface area contributed by atoms with E-state index in [1.54, 1.807) is 7.11 Å². The fourth-order valence-corrected chi connectivity index (χ4v) is 6.26. The zero-order chi connectivity index (χ0) is 19.5. The lowest BCUT2D eigenvalue weighted by Gasteiger charge is -2.52. The largest absolute Gasteiger partial charge is 0.493 e. The second-order valence-electron chi connectivity index (χ2n) is 8.81. The lowest BCUT2D eigenvalue weighted by atomic mass is 9.54. The lowest BCUT2D eigenvalue weighted by molar-refractivity contribution is -0.215. The van der Waals surface area contributed by atoms with E-state index in [-0.39, 0.29) is 11.4 Å². The van der Waals surface area contributed by atoms with Crippen molar-refractivity contribution in [3.63, 3.8) is 0 Å². The Balaban J connectivity index is 1.49. The molecule has 0 aromatic heterocycles. The van der Waals surface area contributed by atoms with Gasteiger partial charge in [0.05, 0.1) is 20.3 Å².